The number of aryl methyl sites for hydroxylation is 1. The van der Waals surface area contributed by atoms with Gasteiger partial charge in [-0.25, -0.2) is 0 Å². The highest BCUT2D eigenvalue weighted by atomic mass is 79.9. The Hall–Kier alpha value is -1.49. The Bertz CT molecular complexity index is 1070. The summed E-state index contributed by atoms with van der Waals surface area (Å²) < 4.78 is 7.18. The fraction of sp³-hybridized carbons (Fsp3) is 0.464. The summed E-state index contributed by atoms with van der Waals surface area (Å²) in [5.41, 5.74) is 7.38. The van der Waals surface area contributed by atoms with Crippen LogP contribution < -0.4 is 0 Å². The van der Waals surface area contributed by atoms with E-state index in [1.54, 1.807) is 0 Å². The van der Waals surface area contributed by atoms with Gasteiger partial charge in [0.25, 0.3) is 0 Å². The number of pyridine rings is 1. The summed E-state index contributed by atoms with van der Waals surface area (Å²) in [6.07, 6.45) is 3.47. The molecule has 0 fully saturated rings. The second-order valence-corrected chi connectivity index (χ2v) is 13.4. The molecule has 0 atom stereocenters. The number of benzene rings is 2. The summed E-state index contributed by atoms with van der Waals surface area (Å²) in [7, 11) is -0.757. The van der Waals surface area contributed by atoms with E-state index < -0.39 is 9.04 Å². The van der Waals surface area contributed by atoms with Crippen LogP contribution in [-0.2, 0) is 22.9 Å². The van der Waals surface area contributed by atoms with E-state index in [-0.39, 0.29) is 5.41 Å². The normalized spacial score (nSPS) is 12.3. The maximum Gasteiger partial charge on any atom is 0.205 e. The summed E-state index contributed by atoms with van der Waals surface area (Å²) in [6, 6.07) is 15.7. The van der Waals surface area contributed by atoms with Crippen molar-refractivity contribution in [2.45, 2.75) is 79.0 Å². The maximum atomic E-state index is 6.12. The first-order valence-electron chi connectivity index (χ1n) is 11.7. The van der Waals surface area contributed by atoms with Gasteiger partial charge < -0.3 is 4.43 Å². The SMILES string of the molecule is CC(C)CCCc1ccc2cc(-c3ccc(C(C)(C)C)cc3CO[Si](C)C)cc(Br)c2n1. The van der Waals surface area contributed by atoms with E-state index in [9.17, 15) is 0 Å². The molecule has 3 aromatic rings. The van der Waals surface area contributed by atoms with Gasteiger partial charge in [-0.1, -0.05) is 65.3 Å². The molecule has 4 heteroatoms. The van der Waals surface area contributed by atoms with Crippen LogP contribution in [0.5, 0.6) is 0 Å². The fourth-order valence-electron chi connectivity index (χ4n) is 3.90. The van der Waals surface area contributed by atoms with Crippen molar-refractivity contribution in [3.63, 3.8) is 0 Å². The van der Waals surface area contributed by atoms with Gasteiger partial charge in [-0.2, -0.15) is 0 Å². The van der Waals surface area contributed by atoms with Gasteiger partial charge in [-0.3, -0.25) is 4.98 Å². The van der Waals surface area contributed by atoms with Gasteiger partial charge in [0, 0.05) is 15.6 Å². The minimum absolute atomic E-state index is 0.110. The van der Waals surface area contributed by atoms with Crippen LogP contribution in [-0.4, -0.2) is 14.0 Å². The first kappa shape index (κ1) is 25.1. The molecule has 32 heavy (non-hydrogen) atoms. The highest BCUT2D eigenvalue weighted by Crippen LogP contribution is 2.35. The molecule has 0 bridgehead atoms. The smallest absolute Gasteiger partial charge is 0.205 e. The van der Waals surface area contributed by atoms with Gasteiger partial charge in [-0.05, 0) is 93.7 Å². The number of hydrogen-bond acceptors (Lipinski definition) is 2. The Kier molecular flexibility index (Phi) is 8.35. The standard InChI is InChI=1S/C28H37BrNOSi/c1-19(2)9-8-10-24-13-11-20-15-21(17-26(29)27(20)30-24)25-14-12-23(28(3,4)5)16-22(25)18-31-32(6)7/h11-17,19H,8-10,18H2,1-7H3. The quantitative estimate of drug-likeness (QED) is 0.282. The van der Waals surface area contributed by atoms with E-state index in [0.29, 0.717) is 6.61 Å². The number of nitrogens with zero attached hydrogens (tertiary/aromatic N) is 1. The van der Waals surface area contributed by atoms with Crippen LogP contribution >= 0.6 is 15.9 Å². The first-order valence-corrected chi connectivity index (χ1v) is 14.9. The molecule has 1 aromatic heterocycles. The molecule has 0 spiro atoms. The van der Waals surface area contributed by atoms with Gasteiger partial charge in [0.2, 0.25) is 9.04 Å². The van der Waals surface area contributed by atoms with Crippen molar-refractivity contribution < 1.29 is 4.43 Å². The van der Waals surface area contributed by atoms with Crippen LogP contribution in [0.15, 0.2) is 46.9 Å². The lowest BCUT2D eigenvalue weighted by Gasteiger charge is -2.22. The molecule has 171 valence electrons. The van der Waals surface area contributed by atoms with E-state index in [4.69, 9.17) is 9.41 Å². The van der Waals surface area contributed by atoms with E-state index >= 15 is 0 Å². The Morgan fingerprint density at radius 1 is 1.03 bits per heavy atom. The van der Waals surface area contributed by atoms with E-state index in [1.807, 2.05) is 0 Å². The Balaban J connectivity index is 1.99. The topological polar surface area (TPSA) is 22.1 Å². The van der Waals surface area contributed by atoms with Crippen molar-refractivity contribution in [2.24, 2.45) is 5.92 Å². The van der Waals surface area contributed by atoms with Gasteiger partial charge in [0.05, 0.1) is 12.1 Å². The van der Waals surface area contributed by atoms with Crippen LogP contribution in [0.2, 0.25) is 13.1 Å². The highest BCUT2D eigenvalue weighted by Gasteiger charge is 2.17. The van der Waals surface area contributed by atoms with Crippen LogP contribution in [0.1, 0.15) is 64.3 Å². The second-order valence-electron chi connectivity index (χ2n) is 10.4. The Morgan fingerprint density at radius 3 is 2.44 bits per heavy atom. The summed E-state index contributed by atoms with van der Waals surface area (Å²) in [4.78, 5) is 4.97. The van der Waals surface area contributed by atoms with Gasteiger partial charge in [0.15, 0.2) is 0 Å². The number of fused-ring (bicyclic) bond motifs is 1. The fourth-order valence-corrected chi connectivity index (χ4v) is 4.91. The third-order valence-electron chi connectivity index (χ3n) is 5.82. The largest absolute Gasteiger partial charge is 0.413 e. The van der Waals surface area contributed by atoms with E-state index in [2.05, 4.69) is 106 Å². The number of aromatic nitrogens is 1. The van der Waals surface area contributed by atoms with E-state index in [1.165, 1.54) is 46.2 Å². The number of rotatable bonds is 8. The molecule has 0 unspecified atom stereocenters. The van der Waals surface area contributed by atoms with Crippen molar-refractivity contribution in [1.82, 2.24) is 4.98 Å². The van der Waals surface area contributed by atoms with Gasteiger partial charge in [-0.15, -0.1) is 0 Å². The average Bonchev–Trinajstić information content (AvgIpc) is 2.71. The molecular formula is C28H37BrNOSi. The second kappa shape index (κ2) is 10.6. The molecule has 3 rings (SSSR count). The lowest BCUT2D eigenvalue weighted by molar-refractivity contribution is 0.315. The van der Waals surface area contributed by atoms with E-state index in [0.717, 1.165) is 22.3 Å². The van der Waals surface area contributed by atoms with Crippen LogP contribution in [0.3, 0.4) is 0 Å². The van der Waals surface area contributed by atoms with Crippen molar-refractivity contribution in [3.8, 4) is 11.1 Å². The zero-order valence-corrected chi connectivity index (χ0v) is 23.3. The zero-order chi connectivity index (χ0) is 23.5. The summed E-state index contributed by atoms with van der Waals surface area (Å²) in [6.45, 7) is 16.4. The van der Waals surface area contributed by atoms with Crippen molar-refractivity contribution in [2.75, 3.05) is 0 Å². The molecule has 0 amide bonds. The lowest BCUT2D eigenvalue weighted by atomic mass is 9.84. The molecule has 0 saturated carbocycles. The molecular weight excluding hydrogens is 474 g/mol. The summed E-state index contributed by atoms with van der Waals surface area (Å²) >= 11 is 3.81. The molecule has 0 N–H and O–H groups in total. The molecule has 0 aliphatic rings. The predicted octanol–water partition coefficient (Wildman–Crippen LogP) is 8.71. The Labute approximate surface area is 204 Å². The monoisotopic (exact) mass is 510 g/mol. The Morgan fingerprint density at radius 2 is 1.78 bits per heavy atom. The molecule has 0 saturated heterocycles. The molecule has 0 aliphatic carbocycles. The minimum Gasteiger partial charge on any atom is -0.413 e. The van der Waals surface area contributed by atoms with Crippen molar-refractivity contribution >= 4 is 35.9 Å². The average molecular weight is 512 g/mol. The molecule has 1 heterocycles. The maximum absolute atomic E-state index is 6.12. The third-order valence-corrected chi connectivity index (χ3v) is 7.14. The highest BCUT2D eigenvalue weighted by molar-refractivity contribution is 9.10. The van der Waals surface area contributed by atoms with Crippen LogP contribution in [0, 0.1) is 5.92 Å². The van der Waals surface area contributed by atoms with Gasteiger partial charge in [0.1, 0.15) is 0 Å². The summed E-state index contributed by atoms with van der Waals surface area (Å²) in [5.74, 6) is 0.741. The van der Waals surface area contributed by atoms with Crippen molar-refractivity contribution in [3.05, 3.63) is 63.8 Å². The van der Waals surface area contributed by atoms with Crippen LogP contribution in [0.4, 0.5) is 0 Å². The predicted molar refractivity (Wildman–Crippen MR) is 144 cm³/mol. The van der Waals surface area contributed by atoms with Crippen LogP contribution in [0.25, 0.3) is 22.0 Å². The molecule has 0 aliphatic heterocycles. The lowest BCUT2D eigenvalue weighted by Crippen LogP contribution is -2.13. The molecule has 2 nitrogen and oxygen atoms in total. The van der Waals surface area contributed by atoms with Gasteiger partial charge >= 0.3 is 0 Å². The molecule has 2 aromatic carbocycles. The zero-order valence-electron chi connectivity index (χ0n) is 20.7. The van der Waals surface area contributed by atoms with Crippen molar-refractivity contribution in [1.29, 1.82) is 0 Å². The summed E-state index contributed by atoms with van der Waals surface area (Å²) in [5, 5.41) is 1.17. The minimum atomic E-state index is -0.757. The molecule has 1 radical (unpaired) electrons. The first-order chi connectivity index (χ1) is 15.0. The number of hydrogen-bond donors (Lipinski definition) is 0. The third kappa shape index (κ3) is 6.52. The number of halogens is 1.